The number of alkyl halides is 1. The second-order valence-corrected chi connectivity index (χ2v) is 5.38. The van der Waals surface area contributed by atoms with E-state index in [1.807, 2.05) is 25.6 Å². The molecule has 3 aromatic heterocycles. The first kappa shape index (κ1) is 14.1. The molecule has 3 heterocycles. The van der Waals surface area contributed by atoms with Gasteiger partial charge in [-0.3, -0.25) is 9.25 Å². The van der Waals surface area contributed by atoms with Gasteiger partial charge in [-0.1, -0.05) is 6.92 Å². The Balaban J connectivity index is 2.22. The number of nitrogens with zero attached hydrogens (tertiary/aromatic N) is 5. The number of oxazole rings is 1. The molecule has 21 heavy (non-hydrogen) atoms. The van der Waals surface area contributed by atoms with Gasteiger partial charge >= 0.3 is 0 Å². The summed E-state index contributed by atoms with van der Waals surface area (Å²) >= 11 is 6.08. The average Bonchev–Trinajstić information content (AvgIpc) is 3.13. The Morgan fingerprint density at radius 3 is 2.76 bits per heavy atom. The summed E-state index contributed by atoms with van der Waals surface area (Å²) in [4.78, 5) is 8.98. The number of aromatic nitrogens is 5. The number of hydrogen-bond acceptors (Lipinski definition) is 4. The lowest BCUT2D eigenvalue weighted by Crippen LogP contribution is -2.12. The van der Waals surface area contributed by atoms with E-state index in [9.17, 15) is 0 Å². The summed E-state index contributed by atoms with van der Waals surface area (Å²) in [5.41, 5.74) is 2.84. The predicted molar refractivity (Wildman–Crippen MR) is 80.5 cm³/mol. The van der Waals surface area contributed by atoms with E-state index < -0.39 is 0 Å². The standard InChI is InChI=1S/C14H18ClN5O/c1-5-10-12-14(19(4)18-10)20(11(6-15)17-12)9(3)13-16-7-8(2)21-13/h7,9H,5-6H2,1-4H3. The minimum atomic E-state index is -0.0856. The maximum atomic E-state index is 6.08. The van der Waals surface area contributed by atoms with Crippen LogP contribution in [0.15, 0.2) is 10.6 Å². The van der Waals surface area contributed by atoms with Crippen LogP contribution in [0.25, 0.3) is 11.2 Å². The van der Waals surface area contributed by atoms with Crippen LogP contribution in [-0.2, 0) is 19.3 Å². The van der Waals surface area contributed by atoms with Crippen molar-refractivity contribution in [2.45, 2.75) is 39.1 Å². The Bertz CT molecular complexity index is 785. The van der Waals surface area contributed by atoms with Crippen LogP contribution in [0, 0.1) is 6.92 Å². The maximum Gasteiger partial charge on any atom is 0.217 e. The fourth-order valence-corrected chi connectivity index (χ4v) is 2.85. The van der Waals surface area contributed by atoms with Crippen LogP contribution in [-0.4, -0.2) is 24.3 Å². The van der Waals surface area contributed by atoms with E-state index in [-0.39, 0.29) is 6.04 Å². The third-order valence-electron chi connectivity index (χ3n) is 3.65. The van der Waals surface area contributed by atoms with E-state index in [1.54, 1.807) is 6.20 Å². The van der Waals surface area contributed by atoms with Crippen LogP contribution < -0.4 is 0 Å². The van der Waals surface area contributed by atoms with E-state index in [0.29, 0.717) is 11.8 Å². The molecule has 0 amide bonds. The van der Waals surface area contributed by atoms with E-state index >= 15 is 0 Å². The number of imidazole rings is 1. The summed E-state index contributed by atoms with van der Waals surface area (Å²) in [5.74, 6) is 2.58. The van der Waals surface area contributed by atoms with Gasteiger partial charge in [0.2, 0.25) is 5.89 Å². The first-order valence-corrected chi connectivity index (χ1v) is 7.51. The van der Waals surface area contributed by atoms with Gasteiger partial charge in [0.15, 0.2) is 5.65 Å². The van der Waals surface area contributed by atoms with Gasteiger partial charge in [0.1, 0.15) is 23.1 Å². The number of hydrogen-bond donors (Lipinski definition) is 0. The fraction of sp³-hybridized carbons (Fsp3) is 0.500. The molecule has 0 radical (unpaired) electrons. The molecule has 0 saturated heterocycles. The SMILES string of the molecule is CCc1nn(C)c2c1nc(CCl)n2C(C)c1ncc(C)o1. The molecule has 0 fully saturated rings. The van der Waals surface area contributed by atoms with E-state index in [2.05, 4.69) is 26.6 Å². The second-order valence-electron chi connectivity index (χ2n) is 5.11. The molecule has 0 aliphatic carbocycles. The molecule has 3 rings (SSSR count). The summed E-state index contributed by atoms with van der Waals surface area (Å²) in [5, 5.41) is 4.52. The lowest BCUT2D eigenvalue weighted by atomic mass is 10.3. The third-order valence-corrected chi connectivity index (χ3v) is 3.89. The van der Waals surface area contributed by atoms with Gasteiger partial charge in [-0.25, -0.2) is 9.97 Å². The minimum absolute atomic E-state index is 0.0856. The monoisotopic (exact) mass is 307 g/mol. The molecule has 0 aliphatic heterocycles. The molecular formula is C14H18ClN5O. The van der Waals surface area contributed by atoms with Crippen molar-refractivity contribution >= 4 is 22.8 Å². The molecule has 1 atom stereocenters. The summed E-state index contributed by atoms with van der Waals surface area (Å²) < 4.78 is 9.56. The van der Waals surface area contributed by atoms with Crippen molar-refractivity contribution in [2.75, 3.05) is 0 Å². The quantitative estimate of drug-likeness (QED) is 0.695. The van der Waals surface area contributed by atoms with Gasteiger partial charge in [0, 0.05) is 7.05 Å². The van der Waals surface area contributed by atoms with Crippen molar-refractivity contribution in [3.63, 3.8) is 0 Å². The van der Waals surface area contributed by atoms with Crippen molar-refractivity contribution in [2.24, 2.45) is 7.05 Å². The molecule has 7 heteroatoms. The lowest BCUT2D eigenvalue weighted by molar-refractivity contribution is 0.413. The van der Waals surface area contributed by atoms with E-state index in [1.165, 1.54) is 0 Å². The van der Waals surface area contributed by atoms with E-state index in [0.717, 1.165) is 34.9 Å². The first-order chi connectivity index (χ1) is 10.1. The van der Waals surface area contributed by atoms with Gasteiger partial charge in [0.25, 0.3) is 0 Å². The van der Waals surface area contributed by atoms with Gasteiger partial charge in [-0.05, 0) is 20.3 Å². The molecular weight excluding hydrogens is 290 g/mol. The van der Waals surface area contributed by atoms with Gasteiger partial charge in [-0.2, -0.15) is 5.10 Å². The van der Waals surface area contributed by atoms with Crippen LogP contribution in [0.4, 0.5) is 0 Å². The van der Waals surface area contributed by atoms with Gasteiger partial charge in [-0.15, -0.1) is 11.6 Å². The fourth-order valence-electron chi connectivity index (χ4n) is 2.66. The zero-order chi connectivity index (χ0) is 15.1. The Morgan fingerprint density at radius 2 is 2.19 bits per heavy atom. The predicted octanol–water partition coefficient (Wildman–Crippen LogP) is 2.98. The molecule has 0 bridgehead atoms. The van der Waals surface area contributed by atoms with Crippen molar-refractivity contribution in [1.82, 2.24) is 24.3 Å². The highest BCUT2D eigenvalue weighted by molar-refractivity contribution is 6.16. The topological polar surface area (TPSA) is 61.7 Å². The Hall–Kier alpha value is -1.82. The largest absolute Gasteiger partial charge is 0.444 e. The first-order valence-electron chi connectivity index (χ1n) is 6.97. The number of fused-ring (bicyclic) bond motifs is 1. The summed E-state index contributed by atoms with van der Waals surface area (Å²) in [6, 6.07) is -0.0856. The zero-order valence-corrected chi connectivity index (χ0v) is 13.3. The maximum absolute atomic E-state index is 6.08. The highest BCUT2D eigenvalue weighted by atomic mass is 35.5. The lowest BCUT2D eigenvalue weighted by Gasteiger charge is -2.13. The molecule has 6 nitrogen and oxygen atoms in total. The van der Waals surface area contributed by atoms with Crippen molar-refractivity contribution < 1.29 is 4.42 Å². The van der Waals surface area contributed by atoms with Crippen LogP contribution in [0.2, 0.25) is 0 Å². The molecule has 0 saturated carbocycles. The van der Waals surface area contributed by atoms with Crippen molar-refractivity contribution in [3.8, 4) is 0 Å². The molecule has 3 aromatic rings. The second kappa shape index (κ2) is 5.18. The Morgan fingerprint density at radius 1 is 1.43 bits per heavy atom. The molecule has 112 valence electrons. The zero-order valence-electron chi connectivity index (χ0n) is 12.6. The highest BCUT2D eigenvalue weighted by Crippen LogP contribution is 2.28. The van der Waals surface area contributed by atoms with Gasteiger partial charge < -0.3 is 4.42 Å². The van der Waals surface area contributed by atoms with Crippen LogP contribution in [0.5, 0.6) is 0 Å². The summed E-state index contributed by atoms with van der Waals surface area (Å²) in [7, 11) is 1.92. The molecule has 0 spiro atoms. The number of rotatable bonds is 4. The minimum Gasteiger partial charge on any atom is -0.444 e. The van der Waals surface area contributed by atoms with Crippen LogP contribution in [0.3, 0.4) is 0 Å². The highest BCUT2D eigenvalue weighted by Gasteiger charge is 2.24. The van der Waals surface area contributed by atoms with Crippen LogP contribution in [0.1, 0.15) is 43.1 Å². The average molecular weight is 308 g/mol. The van der Waals surface area contributed by atoms with Crippen LogP contribution >= 0.6 is 11.6 Å². The third kappa shape index (κ3) is 2.14. The van der Waals surface area contributed by atoms with Crippen molar-refractivity contribution in [3.05, 3.63) is 29.4 Å². The molecule has 0 aromatic carbocycles. The summed E-state index contributed by atoms with van der Waals surface area (Å²) in [6.07, 6.45) is 2.56. The normalized spacial score (nSPS) is 13.2. The summed E-state index contributed by atoms with van der Waals surface area (Å²) in [6.45, 7) is 5.98. The van der Waals surface area contributed by atoms with E-state index in [4.69, 9.17) is 16.0 Å². The molecule has 0 aliphatic rings. The number of halogens is 1. The van der Waals surface area contributed by atoms with Gasteiger partial charge in [0.05, 0.1) is 17.8 Å². The Labute approximate surface area is 127 Å². The molecule has 0 N–H and O–H groups in total. The number of aryl methyl sites for hydroxylation is 3. The smallest absolute Gasteiger partial charge is 0.217 e. The van der Waals surface area contributed by atoms with Crippen molar-refractivity contribution in [1.29, 1.82) is 0 Å². The molecule has 1 unspecified atom stereocenters. The Kier molecular flexibility index (Phi) is 3.49.